The van der Waals surface area contributed by atoms with Crippen molar-refractivity contribution in [2.75, 3.05) is 37.7 Å². The molecule has 2 heterocycles. The molecule has 2 aliphatic heterocycles. The molecule has 0 unspecified atom stereocenters. The highest BCUT2D eigenvalue weighted by Gasteiger charge is 2.47. The number of fused-ring (bicyclic) bond motifs is 1. The quantitative estimate of drug-likeness (QED) is 0.614. The second kappa shape index (κ2) is 6.81. The zero-order chi connectivity index (χ0) is 17.4. The molecule has 132 valence electrons. The minimum absolute atomic E-state index is 0.0108. The first kappa shape index (κ1) is 16.6. The van der Waals surface area contributed by atoms with Gasteiger partial charge in [-0.15, -0.1) is 0 Å². The molecule has 0 N–H and O–H groups in total. The molecule has 2 fully saturated rings. The van der Waals surface area contributed by atoms with Crippen LogP contribution < -0.4 is 4.90 Å². The highest BCUT2D eigenvalue weighted by Crippen LogP contribution is 2.35. The summed E-state index contributed by atoms with van der Waals surface area (Å²) < 4.78 is 0. The molecule has 5 nitrogen and oxygen atoms in total. The number of carbonyl (C=O) groups is 2. The van der Waals surface area contributed by atoms with Crippen LogP contribution in [0.5, 0.6) is 0 Å². The predicted molar refractivity (Wildman–Crippen MR) is 97.3 cm³/mol. The maximum Gasteiger partial charge on any atom is 0.234 e. The van der Waals surface area contributed by atoms with Crippen molar-refractivity contribution in [1.29, 1.82) is 0 Å². The number of imide groups is 1. The lowest BCUT2D eigenvalue weighted by atomic mass is 9.85. The van der Waals surface area contributed by atoms with E-state index in [-0.39, 0.29) is 23.7 Å². The van der Waals surface area contributed by atoms with Gasteiger partial charge in [-0.2, -0.15) is 0 Å². The van der Waals surface area contributed by atoms with Gasteiger partial charge in [-0.1, -0.05) is 29.8 Å². The van der Waals surface area contributed by atoms with Gasteiger partial charge in [-0.25, -0.2) is 0 Å². The molecule has 0 bridgehead atoms. The number of hydrogen-bond donors (Lipinski definition) is 0. The minimum atomic E-state index is -0.134. The Hall–Kier alpha value is -1.85. The van der Waals surface area contributed by atoms with Crippen molar-refractivity contribution < 1.29 is 9.59 Å². The summed E-state index contributed by atoms with van der Waals surface area (Å²) >= 11 is 6.07. The lowest BCUT2D eigenvalue weighted by Crippen LogP contribution is -2.51. The third-order valence-electron chi connectivity index (χ3n) is 5.49. The fourth-order valence-electron chi connectivity index (χ4n) is 4.03. The Morgan fingerprint density at radius 3 is 2.20 bits per heavy atom. The van der Waals surface area contributed by atoms with E-state index in [0.717, 1.165) is 36.9 Å². The summed E-state index contributed by atoms with van der Waals surface area (Å²) in [6, 6.07) is 7.87. The van der Waals surface area contributed by atoms with Crippen LogP contribution in [0.25, 0.3) is 0 Å². The zero-order valence-corrected chi connectivity index (χ0v) is 14.9. The second-order valence-corrected chi connectivity index (χ2v) is 7.42. The van der Waals surface area contributed by atoms with E-state index in [2.05, 4.69) is 15.9 Å². The average Bonchev–Trinajstić information content (AvgIpc) is 2.88. The number of rotatable bonds is 3. The summed E-state index contributed by atoms with van der Waals surface area (Å²) in [5, 5.41) is 0.740. The van der Waals surface area contributed by atoms with E-state index in [1.54, 1.807) is 0 Å². The van der Waals surface area contributed by atoms with E-state index in [4.69, 9.17) is 11.6 Å². The number of anilines is 1. The molecular weight excluding hydrogens is 338 g/mol. The number of nitrogens with zero attached hydrogens (tertiary/aromatic N) is 3. The van der Waals surface area contributed by atoms with Crippen molar-refractivity contribution >= 4 is 29.1 Å². The van der Waals surface area contributed by atoms with E-state index < -0.39 is 0 Å². The number of halogens is 1. The molecule has 1 aromatic rings. The van der Waals surface area contributed by atoms with Gasteiger partial charge in [0.1, 0.15) is 0 Å². The van der Waals surface area contributed by atoms with E-state index in [0.29, 0.717) is 19.5 Å². The van der Waals surface area contributed by atoms with E-state index in [1.165, 1.54) is 4.90 Å². The average molecular weight is 360 g/mol. The van der Waals surface area contributed by atoms with Gasteiger partial charge in [0.2, 0.25) is 11.8 Å². The third-order valence-corrected chi connectivity index (χ3v) is 5.72. The first-order chi connectivity index (χ1) is 12.1. The van der Waals surface area contributed by atoms with Gasteiger partial charge in [0.25, 0.3) is 0 Å². The fraction of sp³-hybridized carbons (Fsp3) is 0.474. The summed E-state index contributed by atoms with van der Waals surface area (Å²) in [4.78, 5) is 31.1. The molecule has 25 heavy (non-hydrogen) atoms. The molecule has 3 aliphatic rings. The summed E-state index contributed by atoms with van der Waals surface area (Å²) in [5.41, 5.74) is 1.12. The van der Waals surface area contributed by atoms with Crippen molar-refractivity contribution in [2.45, 2.75) is 12.8 Å². The van der Waals surface area contributed by atoms with Crippen LogP contribution in [0.15, 0.2) is 36.4 Å². The maximum absolute atomic E-state index is 12.6. The molecule has 2 atom stereocenters. The van der Waals surface area contributed by atoms with Gasteiger partial charge in [0, 0.05) is 36.9 Å². The van der Waals surface area contributed by atoms with Crippen molar-refractivity contribution in [3.05, 3.63) is 41.4 Å². The lowest BCUT2D eigenvalue weighted by molar-refractivity contribution is -0.142. The molecule has 0 saturated carbocycles. The minimum Gasteiger partial charge on any atom is -0.369 e. The van der Waals surface area contributed by atoms with Crippen molar-refractivity contribution in [1.82, 2.24) is 9.80 Å². The Morgan fingerprint density at radius 1 is 0.960 bits per heavy atom. The van der Waals surface area contributed by atoms with Gasteiger partial charge in [-0.05, 0) is 31.0 Å². The molecule has 4 rings (SSSR count). The predicted octanol–water partition coefficient (Wildman–Crippen LogP) is 2.37. The maximum atomic E-state index is 12.6. The molecule has 0 spiro atoms. The van der Waals surface area contributed by atoms with Crippen LogP contribution in [0.1, 0.15) is 12.8 Å². The first-order valence-corrected chi connectivity index (χ1v) is 9.24. The molecule has 2 amide bonds. The topological polar surface area (TPSA) is 43.9 Å². The molecule has 2 saturated heterocycles. The van der Waals surface area contributed by atoms with E-state index >= 15 is 0 Å². The van der Waals surface area contributed by atoms with Crippen molar-refractivity contribution in [3.8, 4) is 0 Å². The molecule has 1 aromatic carbocycles. The van der Waals surface area contributed by atoms with E-state index in [9.17, 15) is 9.59 Å². The fourth-order valence-corrected chi connectivity index (χ4v) is 4.21. The van der Waals surface area contributed by atoms with Crippen LogP contribution in [-0.2, 0) is 9.59 Å². The van der Waals surface area contributed by atoms with Crippen molar-refractivity contribution in [2.24, 2.45) is 11.8 Å². The summed E-state index contributed by atoms with van der Waals surface area (Å²) in [7, 11) is 0. The van der Waals surface area contributed by atoms with Gasteiger partial charge in [0.05, 0.1) is 18.5 Å². The summed E-state index contributed by atoms with van der Waals surface area (Å²) in [6.45, 7) is 3.82. The van der Waals surface area contributed by atoms with Gasteiger partial charge in [0.15, 0.2) is 0 Å². The number of benzene rings is 1. The Balaban J connectivity index is 1.36. The molecule has 1 aliphatic carbocycles. The number of hydrogen-bond acceptors (Lipinski definition) is 4. The normalized spacial score (nSPS) is 27.1. The third kappa shape index (κ3) is 3.18. The summed E-state index contributed by atoms with van der Waals surface area (Å²) in [6.07, 6.45) is 5.46. The molecule has 0 radical (unpaired) electrons. The Morgan fingerprint density at radius 2 is 1.60 bits per heavy atom. The first-order valence-electron chi connectivity index (χ1n) is 8.86. The van der Waals surface area contributed by atoms with Gasteiger partial charge >= 0.3 is 0 Å². The summed E-state index contributed by atoms with van der Waals surface area (Å²) in [5.74, 6) is -0.247. The SMILES string of the molecule is O=C1[C@@H]2CC=CC[C@H]2C(=O)N1CN1CCN(c2cccc(Cl)c2)CC1. The standard InChI is InChI=1S/C19H22ClN3O2/c20-14-4-3-5-15(12-14)22-10-8-21(9-11-22)13-23-18(24)16-6-1-2-7-17(16)19(23)25/h1-5,12,16-17H,6-11,13H2/t16-,17-/m1/s1. The van der Waals surface area contributed by atoms with Crippen LogP contribution in [0.4, 0.5) is 5.69 Å². The molecule has 6 heteroatoms. The number of carbonyl (C=O) groups excluding carboxylic acids is 2. The Labute approximate surface area is 152 Å². The molecular formula is C19H22ClN3O2. The largest absolute Gasteiger partial charge is 0.369 e. The molecule has 0 aromatic heterocycles. The highest BCUT2D eigenvalue weighted by atomic mass is 35.5. The van der Waals surface area contributed by atoms with E-state index in [1.807, 2.05) is 30.4 Å². The Bertz CT molecular complexity index is 686. The zero-order valence-electron chi connectivity index (χ0n) is 14.1. The number of piperazine rings is 1. The van der Waals surface area contributed by atoms with Crippen molar-refractivity contribution in [3.63, 3.8) is 0 Å². The van der Waals surface area contributed by atoms with Crippen LogP contribution in [0.2, 0.25) is 5.02 Å². The highest BCUT2D eigenvalue weighted by molar-refractivity contribution is 6.30. The van der Waals surface area contributed by atoms with Crippen LogP contribution in [-0.4, -0.2) is 54.5 Å². The lowest BCUT2D eigenvalue weighted by Gasteiger charge is -2.37. The monoisotopic (exact) mass is 359 g/mol. The number of likely N-dealkylation sites (tertiary alicyclic amines) is 1. The Kier molecular flexibility index (Phi) is 4.52. The van der Waals surface area contributed by atoms with Crippen LogP contribution in [0.3, 0.4) is 0 Å². The van der Waals surface area contributed by atoms with Crippen LogP contribution >= 0.6 is 11.6 Å². The van der Waals surface area contributed by atoms with Gasteiger partial charge in [-0.3, -0.25) is 19.4 Å². The second-order valence-electron chi connectivity index (χ2n) is 6.99. The van der Waals surface area contributed by atoms with Crippen LogP contribution in [0, 0.1) is 11.8 Å². The number of amides is 2. The van der Waals surface area contributed by atoms with Gasteiger partial charge < -0.3 is 4.90 Å². The smallest absolute Gasteiger partial charge is 0.234 e. The number of allylic oxidation sites excluding steroid dienone is 2.